The molecule has 0 heterocycles. The summed E-state index contributed by atoms with van der Waals surface area (Å²) in [7, 11) is 0. The van der Waals surface area contributed by atoms with Crippen molar-refractivity contribution in [3.8, 4) is 0 Å². The summed E-state index contributed by atoms with van der Waals surface area (Å²) in [5, 5.41) is 0. The Labute approximate surface area is 106 Å². The Morgan fingerprint density at radius 2 is 1.89 bits per heavy atom. The summed E-state index contributed by atoms with van der Waals surface area (Å²) in [5.74, 6) is -1.20. The number of hydrogen-bond acceptors (Lipinski definition) is 3. The molecule has 1 aromatic carbocycles. The van der Waals surface area contributed by atoms with Crippen molar-refractivity contribution >= 4 is 17.4 Å². The quantitative estimate of drug-likeness (QED) is 0.637. The zero-order valence-corrected chi connectivity index (χ0v) is 10.6. The lowest BCUT2D eigenvalue weighted by Crippen LogP contribution is -2.13. The Kier molecular flexibility index (Phi) is 5.11. The second kappa shape index (κ2) is 6.59. The van der Waals surface area contributed by atoms with Gasteiger partial charge in [0.05, 0.1) is 12.2 Å². The Morgan fingerprint density at radius 1 is 1.28 bits per heavy atom. The molecule has 1 aromatic rings. The van der Waals surface area contributed by atoms with Gasteiger partial charge in [0.15, 0.2) is 0 Å². The highest BCUT2D eigenvalue weighted by atomic mass is 16.5. The second-order valence-electron chi connectivity index (χ2n) is 3.96. The third-order valence-corrected chi connectivity index (χ3v) is 2.31. The molecule has 4 heteroatoms. The topological polar surface area (TPSA) is 69.4 Å². The van der Waals surface area contributed by atoms with Crippen LogP contribution < -0.4 is 5.73 Å². The standard InChI is InChI=1S/C14H17NO3/c1-3-8-18-14(17)12(9-13(15)16)11-6-4-10(2)5-7-11/h4-7,9H,3,8H2,1-2H3,(H2,15,16). The molecule has 1 rings (SSSR count). The van der Waals surface area contributed by atoms with Crippen molar-refractivity contribution in [3.63, 3.8) is 0 Å². The largest absolute Gasteiger partial charge is 0.462 e. The van der Waals surface area contributed by atoms with E-state index in [9.17, 15) is 9.59 Å². The van der Waals surface area contributed by atoms with Crippen molar-refractivity contribution in [3.05, 3.63) is 41.5 Å². The summed E-state index contributed by atoms with van der Waals surface area (Å²) in [4.78, 5) is 22.8. The van der Waals surface area contributed by atoms with Gasteiger partial charge in [0.25, 0.3) is 0 Å². The molecule has 0 saturated carbocycles. The molecule has 0 bridgehead atoms. The van der Waals surface area contributed by atoms with E-state index in [4.69, 9.17) is 10.5 Å². The van der Waals surface area contributed by atoms with E-state index in [1.807, 2.05) is 26.0 Å². The maximum absolute atomic E-state index is 11.8. The Hall–Kier alpha value is -2.10. The van der Waals surface area contributed by atoms with E-state index in [1.165, 1.54) is 0 Å². The molecule has 0 spiro atoms. The van der Waals surface area contributed by atoms with Gasteiger partial charge >= 0.3 is 5.97 Å². The molecule has 0 aliphatic rings. The van der Waals surface area contributed by atoms with Crippen molar-refractivity contribution in [2.24, 2.45) is 5.73 Å². The first-order valence-corrected chi connectivity index (χ1v) is 5.80. The number of nitrogens with two attached hydrogens (primary N) is 1. The molecular weight excluding hydrogens is 230 g/mol. The average Bonchev–Trinajstić information content (AvgIpc) is 2.34. The Bertz CT molecular complexity index is 460. The van der Waals surface area contributed by atoms with Crippen LogP contribution in [0, 0.1) is 6.92 Å². The molecule has 0 saturated heterocycles. The van der Waals surface area contributed by atoms with Gasteiger partial charge in [0, 0.05) is 6.08 Å². The zero-order valence-electron chi connectivity index (χ0n) is 10.6. The van der Waals surface area contributed by atoms with Gasteiger partial charge in [-0.2, -0.15) is 0 Å². The highest BCUT2D eigenvalue weighted by Gasteiger charge is 2.14. The monoisotopic (exact) mass is 247 g/mol. The minimum Gasteiger partial charge on any atom is -0.462 e. The second-order valence-corrected chi connectivity index (χ2v) is 3.96. The van der Waals surface area contributed by atoms with E-state index in [0.717, 1.165) is 18.1 Å². The Morgan fingerprint density at radius 3 is 2.39 bits per heavy atom. The smallest absolute Gasteiger partial charge is 0.338 e. The highest BCUT2D eigenvalue weighted by molar-refractivity contribution is 6.20. The van der Waals surface area contributed by atoms with Gasteiger partial charge in [-0.3, -0.25) is 4.79 Å². The van der Waals surface area contributed by atoms with Crippen LogP contribution in [0.15, 0.2) is 30.3 Å². The molecular formula is C14H17NO3. The van der Waals surface area contributed by atoms with Gasteiger partial charge in [0.2, 0.25) is 5.91 Å². The van der Waals surface area contributed by atoms with E-state index in [2.05, 4.69) is 0 Å². The van der Waals surface area contributed by atoms with Crippen LogP contribution in [0.3, 0.4) is 0 Å². The summed E-state index contributed by atoms with van der Waals surface area (Å²) in [6.45, 7) is 4.16. The maximum atomic E-state index is 11.8. The molecule has 1 amide bonds. The van der Waals surface area contributed by atoms with Gasteiger partial charge in [-0.05, 0) is 18.9 Å². The van der Waals surface area contributed by atoms with Gasteiger partial charge in [-0.15, -0.1) is 0 Å². The van der Waals surface area contributed by atoms with E-state index in [0.29, 0.717) is 12.2 Å². The van der Waals surface area contributed by atoms with E-state index in [1.54, 1.807) is 12.1 Å². The summed E-state index contributed by atoms with van der Waals surface area (Å²) < 4.78 is 5.02. The normalized spacial score (nSPS) is 11.1. The van der Waals surface area contributed by atoms with Gasteiger partial charge in [-0.1, -0.05) is 36.8 Å². The lowest BCUT2D eigenvalue weighted by molar-refractivity contribution is -0.136. The first-order chi connectivity index (χ1) is 8.54. The number of hydrogen-bond donors (Lipinski definition) is 1. The SMILES string of the molecule is CCCOC(=O)C(=CC(N)=O)c1ccc(C)cc1. The number of amides is 1. The molecule has 4 nitrogen and oxygen atoms in total. The van der Waals surface area contributed by atoms with E-state index >= 15 is 0 Å². The number of carbonyl (C=O) groups excluding carboxylic acids is 2. The van der Waals surface area contributed by atoms with E-state index in [-0.39, 0.29) is 5.57 Å². The number of aryl methyl sites for hydroxylation is 1. The van der Waals surface area contributed by atoms with Crippen molar-refractivity contribution in [2.45, 2.75) is 20.3 Å². The summed E-state index contributed by atoms with van der Waals surface area (Å²) in [5.41, 5.74) is 6.99. The fourth-order valence-electron chi connectivity index (χ4n) is 1.41. The van der Waals surface area contributed by atoms with Crippen LogP contribution in [0.1, 0.15) is 24.5 Å². The predicted octanol–water partition coefficient (Wildman–Crippen LogP) is 1.82. The average molecular weight is 247 g/mol. The molecule has 0 fully saturated rings. The lowest BCUT2D eigenvalue weighted by atomic mass is 10.0. The molecule has 0 atom stereocenters. The van der Waals surface area contributed by atoms with Crippen molar-refractivity contribution in [1.82, 2.24) is 0 Å². The van der Waals surface area contributed by atoms with Crippen LogP contribution in [0.4, 0.5) is 0 Å². The third-order valence-electron chi connectivity index (χ3n) is 2.31. The first kappa shape index (κ1) is 14.0. The number of esters is 1. The zero-order chi connectivity index (χ0) is 13.5. The number of primary amides is 1. The van der Waals surface area contributed by atoms with Crippen LogP contribution in [-0.2, 0) is 14.3 Å². The number of carbonyl (C=O) groups is 2. The third kappa shape index (κ3) is 4.05. The van der Waals surface area contributed by atoms with Crippen molar-refractivity contribution < 1.29 is 14.3 Å². The predicted molar refractivity (Wildman–Crippen MR) is 69.6 cm³/mol. The summed E-state index contributed by atoms with van der Waals surface area (Å²) in [6.07, 6.45) is 1.83. The Balaban J connectivity index is 3.02. The van der Waals surface area contributed by atoms with Crippen LogP contribution in [-0.4, -0.2) is 18.5 Å². The van der Waals surface area contributed by atoms with Crippen LogP contribution in [0.25, 0.3) is 5.57 Å². The molecule has 2 N–H and O–H groups in total. The molecule has 96 valence electrons. The van der Waals surface area contributed by atoms with Crippen molar-refractivity contribution in [1.29, 1.82) is 0 Å². The van der Waals surface area contributed by atoms with E-state index < -0.39 is 11.9 Å². The number of benzene rings is 1. The molecule has 0 aliphatic carbocycles. The number of ether oxygens (including phenoxy) is 1. The molecule has 18 heavy (non-hydrogen) atoms. The summed E-state index contributed by atoms with van der Waals surface area (Å²) >= 11 is 0. The molecule has 0 radical (unpaired) electrons. The minimum absolute atomic E-state index is 0.191. The first-order valence-electron chi connectivity index (χ1n) is 5.80. The minimum atomic E-state index is -0.668. The van der Waals surface area contributed by atoms with Crippen molar-refractivity contribution in [2.75, 3.05) is 6.61 Å². The number of rotatable bonds is 5. The maximum Gasteiger partial charge on any atom is 0.338 e. The van der Waals surface area contributed by atoms with Gasteiger partial charge < -0.3 is 10.5 Å². The molecule has 0 aliphatic heterocycles. The lowest BCUT2D eigenvalue weighted by Gasteiger charge is -2.07. The van der Waals surface area contributed by atoms with Gasteiger partial charge in [-0.25, -0.2) is 4.79 Å². The van der Waals surface area contributed by atoms with Crippen LogP contribution in [0.5, 0.6) is 0 Å². The molecule has 0 aromatic heterocycles. The van der Waals surface area contributed by atoms with Crippen LogP contribution >= 0.6 is 0 Å². The fraction of sp³-hybridized carbons (Fsp3) is 0.286. The van der Waals surface area contributed by atoms with Gasteiger partial charge in [0.1, 0.15) is 0 Å². The molecule has 0 unspecified atom stereocenters. The highest BCUT2D eigenvalue weighted by Crippen LogP contribution is 2.17. The van der Waals surface area contributed by atoms with Crippen LogP contribution in [0.2, 0.25) is 0 Å². The fourth-order valence-corrected chi connectivity index (χ4v) is 1.41. The summed E-state index contributed by atoms with van der Waals surface area (Å²) in [6, 6.07) is 7.24.